The van der Waals surface area contributed by atoms with Crippen molar-refractivity contribution in [1.29, 1.82) is 0 Å². The average molecular weight is 323 g/mol. The van der Waals surface area contributed by atoms with Crippen LogP contribution >= 0.6 is 0 Å². The maximum atomic E-state index is 13.1. The van der Waals surface area contributed by atoms with Gasteiger partial charge in [-0.2, -0.15) is 5.10 Å². The number of nitrogens with one attached hydrogen (secondary N) is 1. The maximum absolute atomic E-state index is 13.1. The molecule has 0 aliphatic carbocycles. The summed E-state index contributed by atoms with van der Waals surface area (Å²) in [5, 5.41) is 7.29. The molecule has 2 rings (SSSR count). The number of alkyl halides is 2. The van der Waals surface area contributed by atoms with Crippen LogP contribution in [0.5, 0.6) is 0 Å². The zero-order valence-corrected chi connectivity index (χ0v) is 13.8. The lowest BCUT2D eigenvalue weighted by molar-refractivity contribution is 0.146. The fourth-order valence-corrected chi connectivity index (χ4v) is 2.40. The Balaban J connectivity index is 2.20. The number of hydrogen-bond donors (Lipinski definition) is 1. The molecule has 1 N–H and O–H groups in total. The number of anilines is 1. The summed E-state index contributed by atoms with van der Waals surface area (Å²) in [7, 11) is 1.79. The Morgan fingerprint density at radius 3 is 2.61 bits per heavy atom. The number of nitrogens with zero attached hydrogens (tertiary/aromatic N) is 4. The van der Waals surface area contributed by atoms with E-state index in [1.807, 2.05) is 6.92 Å². The Morgan fingerprint density at radius 1 is 1.22 bits per heavy atom. The fourth-order valence-electron chi connectivity index (χ4n) is 2.40. The first-order valence-electron chi connectivity index (χ1n) is 7.93. The minimum absolute atomic E-state index is 0.248. The number of unbranched alkanes of at least 4 members (excludes halogenated alkanes) is 3. The Kier molecular flexibility index (Phi) is 6.01. The largest absolute Gasteiger partial charge is 0.354 e. The first-order valence-corrected chi connectivity index (χ1v) is 7.93. The molecule has 7 heteroatoms. The van der Waals surface area contributed by atoms with Crippen molar-refractivity contribution in [2.24, 2.45) is 7.05 Å². The van der Waals surface area contributed by atoms with Crippen LogP contribution in [0, 0.1) is 6.92 Å². The first-order chi connectivity index (χ1) is 11.0. The van der Waals surface area contributed by atoms with Gasteiger partial charge in [0.05, 0.1) is 11.4 Å². The van der Waals surface area contributed by atoms with E-state index in [1.165, 1.54) is 12.5 Å². The van der Waals surface area contributed by atoms with Crippen molar-refractivity contribution in [3.8, 4) is 11.3 Å². The normalized spacial score (nSPS) is 11.2. The van der Waals surface area contributed by atoms with Crippen molar-refractivity contribution >= 4 is 5.95 Å². The van der Waals surface area contributed by atoms with Gasteiger partial charge < -0.3 is 5.32 Å². The van der Waals surface area contributed by atoms with Crippen LogP contribution in [0.4, 0.5) is 14.7 Å². The molecule has 0 amide bonds. The second-order valence-electron chi connectivity index (χ2n) is 5.59. The van der Waals surface area contributed by atoms with Gasteiger partial charge in [0.2, 0.25) is 5.95 Å². The quantitative estimate of drug-likeness (QED) is 0.743. The summed E-state index contributed by atoms with van der Waals surface area (Å²) < 4.78 is 27.8. The third-order valence-corrected chi connectivity index (χ3v) is 3.57. The maximum Gasteiger partial charge on any atom is 0.280 e. The van der Waals surface area contributed by atoms with E-state index in [0.717, 1.165) is 30.5 Å². The SMILES string of the molecule is CCCCCCNc1nc(-c2cn(C)nc2C)cc(C(F)F)n1. The van der Waals surface area contributed by atoms with Crippen LogP contribution in [0.15, 0.2) is 12.3 Å². The van der Waals surface area contributed by atoms with Crippen molar-refractivity contribution < 1.29 is 8.78 Å². The van der Waals surface area contributed by atoms with Crippen molar-refractivity contribution in [3.05, 3.63) is 23.7 Å². The summed E-state index contributed by atoms with van der Waals surface area (Å²) in [6, 6.07) is 1.33. The van der Waals surface area contributed by atoms with E-state index in [4.69, 9.17) is 0 Å². The molecule has 2 heterocycles. The molecule has 0 saturated carbocycles. The lowest BCUT2D eigenvalue weighted by Crippen LogP contribution is -2.08. The third-order valence-electron chi connectivity index (χ3n) is 3.57. The van der Waals surface area contributed by atoms with E-state index in [9.17, 15) is 8.78 Å². The van der Waals surface area contributed by atoms with Gasteiger partial charge in [-0.15, -0.1) is 0 Å². The molecule has 23 heavy (non-hydrogen) atoms. The Morgan fingerprint density at radius 2 is 2.00 bits per heavy atom. The Bertz CT molecular complexity index is 639. The molecule has 0 fully saturated rings. The minimum Gasteiger partial charge on any atom is -0.354 e. The molecule has 0 aliphatic heterocycles. The highest BCUT2D eigenvalue weighted by Gasteiger charge is 2.16. The standard InChI is InChI=1S/C16H23F2N5/c1-4-5-6-7-8-19-16-20-13(9-14(21-16)15(17)18)12-10-23(3)22-11(12)2/h9-10,15H,4-8H2,1-3H3,(H,19,20,21). The number of halogens is 2. The summed E-state index contributed by atoms with van der Waals surface area (Å²) in [4.78, 5) is 8.28. The molecule has 126 valence electrons. The number of aromatic nitrogens is 4. The zero-order valence-electron chi connectivity index (χ0n) is 13.8. The number of aryl methyl sites for hydroxylation is 2. The lowest BCUT2D eigenvalue weighted by Gasteiger charge is -2.09. The summed E-state index contributed by atoms with van der Waals surface area (Å²) in [6.07, 6.45) is 3.54. The van der Waals surface area contributed by atoms with Crippen molar-refractivity contribution in [1.82, 2.24) is 19.7 Å². The van der Waals surface area contributed by atoms with E-state index in [1.54, 1.807) is 17.9 Å². The second-order valence-corrected chi connectivity index (χ2v) is 5.59. The summed E-state index contributed by atoms with van der Waals surface area (Å²) >= 11 is 0. The molecule has 0 saturated heterocycles. The highest BCUT2D eigenvalue weighted by atomic mass is 19.3. The van der Waals surface area contributed by atoms with Crippen molar-refractivity contribution in [2.45, 2.75) is 46.0 Å². The van der Waals surface area contributed by atoms with Crippen LogP contribution < -0.4 is 5.32 Å². The molecule has 0 atom stereocenters. The van der Waals surface area contributed by atoms with Gasteiger partial charge in [0.15, 0.2) is 0 Å². The first kappa shape index (κ1) is 17.3. The van der Waals surface area contributed by atoms with Crippen LogP contribution in [0.25, 0.3) is 11.3 Å². The van der Waals surface area contributed by atoms with Gasteiger partial charge >= 0.3 is 0 Å². The van der Waals surface area contributed by atoms with Gasteiger partial charge in [-0.25, -0.2) is 18.7 Å². The van der Waals surface area contributed by atoms with Crippen LogP contribution in [-0.2, 0) is 7.05 Å². The second kappa shape index (κ2) is 7.99. The molecule has 0 spiro atoms. The minimum atomic E-state index is -2.63. The van der Waals surface area contributed by atoms with Gasteiger partial charge in [0, 0.05) is 25.4 Å². The number of hydrogen-bond acceptors (Lipinski definition) is 4. The predicted molar refractivity (Wildman–Crippen MR) is 86.6 cm³/mol. The van der Waals surface area contributed by atoms with E-state index in [0.29, 0.717) is 12.2 Å². The smallest absolute Gasteiger partial charge is 0.280 e. The summed E-state index contributed by atoms with van der Waals surface area (Å²) in [5.41, 5.74) is 1.69. The highest BCUT2D eigenvalue weighted by molar-refractivity contribution is 5.62. The van der Waals surface area contributed by atoms with E-state index in [2.05, 4.69) is 27.3 Å². The average Bonchev–Trinajstić information content (AvgIpc) is 2.85. The van der Waals surface area contributed by atoms with Gasteiger partial charge in [-0.3, -0.25) is 4.68 Å². The molecular formula is C16H23F2N5. The molecule has 0 unspecified atom stereocenters. The Hall–Kier alpha value is -2.05. The zero-order chi connectivity index (χ0) is 16.8. The van der Waals surface area contributed by atoms with Crippen LogP contribution in [0.1, 0.15) is 50.4 Å². The van der Waals surface area contributed by atoms with Crippen LogP contribution in [-0.4, -0.2) is 26.3 Å². The molecule has 0 bridgehead atoms. The van der Waals surface area contributed by atoms with E-state index >= 15 is 0 Å². The molecule has 5 nitrogen and oxygen atoms in total. The monoisotopic (exact) mass is 323 g/mol. The third kappa shape index (κ3) is 4.71. The predicted octanol–water partition coefficient (Wildman–Crippen LogP) is 4.12. The van der Waals surface area contributed by atoms with Gasteiger partial charge in [-0.1, -0.05) is 26.2 Å². The van der Waals surface area contributed by atoms with Crippen molar-refractivity contribution in [2.75, 3.05) is 11.9 Å². The highest BCUT2D eigenvalue weighted by Crippen LogP contribution is 2.26. The Labute approximate surface area is 135 Å². The molecule has 2 aromatic heterocycles. The van der Waals surface area contributed by atoms with Gasteiger partial charge in [0.1, 0.15) is 5.69 Å². The van der Waals surface area contributed by atoms with Crippen LogP contribution in [0.3, 0.4) is 0 Å². The molecular weight excluding hydrogens is 300 g/mol. The van der Waals surface area contributed by atoms with E-state index < -0.39 is 6.43 Å². The molecule has 0 radical (unpaired) electrons. The topological polar surface area (TPSA) is 55.6 Å². The summed E-state index contributed by atoms with van der Waals surface area (Å²) in [6.45, 7) is 4.65. The van der Waals surface area contributed by atoms with Crippen LogP contribution in [0.2, 0.25) is 0 Å². The fraction of sp³-hybridized carbons (Fsp3) is 0.562. The van der Waals surface area contributed by atoms with E-state index in [-0.39, 0.29) is 11.6 Å². The van der Waals surface area contributed by atoms with Gasteiger partial charge in [-0.05, 0) is 19.4 Å². The lowest BCUT2D eigenvalue weighted by atomic mass is 10.1. The van der Waals surface area contributed by atoms with Gasteiger partial charge in [0.25, 0.3) is 6.43 Å². The molecule has 0 aliphatic rings. The molecule has 0 aromatic carbocycles. The van der Waals surface area contributed by atoms with Crippen molar-refractivity contribution in [3.63, 3.8) is 0 Å². The molecule has 2 aromatic rings. The number of rotatable bonds is 8. The summed E-state index contributed by atoms with van der Waals surface area (Å²) in [5.74, 6) is 0.248.